The number of rotatable bonds is 4. The molecule has 6 heteroatoms. The smallest absolute Gasteiger partial charge is 0.377 e. The molecule has 0 amide bonds. The summed E-state index contributed by atoms with van der Waals surface area (Å²) in [6.45, 7) is 0.775. The van der Waals surface area contributed by atoms with Gasteiger partial charge < -0.3 is 15.4 Å². The summed E-state index contributed by atoms with van der Waals surface area (Å²) in [7, 11) is 0. The fourth-order valence-corrected chi connectivity index (χ4v) is 3.11. The minimum Gasteiger partial charge on any atom is -0.377 e. The van der Waals surface area contributed by atoms with Gasteiger partial charge in [-0.05, 0) is 40.6 Å². The molecule has 2 rings (SSSR count). The van der Waals surface area contributed by atoms with Crippen LogP contribution in [0.15, 0.2) is 18.3 Å². The third-order valence-corrected chi connectivity index (χ3v) is 4.15. The molecule has 2 heterocycles. The number of thioether (sulfide) groups is 1. The van der Waals surface area contributed by atoms with Gasteiger partial charge in [-0.1, -0.05) is 6.42 Å². The van der Waals surface area contributed by atoms with Crippen molar-refractivity contribution in [2.24, 2.45) is 0 Å². The molecule has 1 aliphatic heterocycles. The summed E-state index contributed by atoms with van der Waals surface area (Å²) in [5.41, 5.74) is 0.517. The van der Waals surface area contributed by atoms with Crippen LogP contribution in [-0.2, 0) is 0 Å². The molecule has 17 heavy (non-hydrogen) atoms. The Morgan fingerprint density at radius 1 is 1.59 bits per heavy atom. The fraction of sp³-hybridized carbons (Fsp3) is 0.545. The summed E-state index contributed by atoms with van der Waals surface area (Å²) in [4.78, 5) is 14.1. The summed E-state index contributed by atoms with van der Waals surface area (Å²) in [6, 6.07) is 3.42. The van der Waals surface area contributed by atoms with E-state index in [9.17, 15) is 10.1 Å². The summed E-state index contributed by atoms with van der Waals surface area (Å²) in [5, 5.41) is 14.5. The molecule has 0 spiro atoms. The van der Waals surface area contributed by atoms with Gasteiger partial charge in [-0.25, -0.2) is 0 Å². The van der Waals surface area contributed by atoms with E-state index in [0.717, 1.165) is 6.54 Å². The highest BCUT2D eigenvalue weighted by atomic mass is 32.2. The second kappa shape index (κ2) is 5.86. The number of nitrogens with zero attached hydrogens (tertiary/aromatic N) is 2. The molecular weight excluding hydrogens is 238 g/mol. The Morgan fingerprint density at radius 2 is 2.47 bits per heavy atom. The minimum absolute atomic E-state index is 0.0895. The topological polar surface area (TPSA) is 68.1 Å². The molecular formula is C11H15N3O2S. The average Bonchev–Trinajstić information content (AvgIpc) is 2.38. The third-order valence-electron chi connectivity index (χ3n) is 2.75. The van der Waals surface area contributed by atoms with Crippen LogP contribution in [0.1, 0.15) is 19.3 Å². The number of hydrogen-bond acceptors (Lipinski definition) is 5. The molecule has 0 radical (unpaired) electrons. The second-order valence-electron chi connectivity index (χ2n) is 4.00. The van der Waals surface area contributed by atoms with Gasteiger partial charge in [0.25, 0.3) is 0 Å². The van der Waals surface area contributed by atoms with Crippen molar-refractivity contribution < 1.29 is 4.92 Å². The quantitative estimate of drug-likeness (QED) is 0.660. The van der Waals surface area contributed by atoms with Crippen molar-refractivity contribution in [2.45, 2.75) is 24.5 Å². The molecule has 0 aliphatic carbocycles. The van der Waals surface area contributed by atoms with E-state index in [1.807, 2.05) is 11.8 Å². The van der Waals surface area contributed by atoms with E-state index in [1.165, 1.54) is 31.2 Å². The van der Waals surface area contributed by atoms with Gasteiger partial charge in [0.15, 0.2) is 0 Å². The predicted octanol–water partition coefficient (Wildman–Crippen LogP) is 2.69. The lowest BCUT2D eigenvalue weighted by molar-refractivity contribution is -0.388. The van der Waals surface area contributed by atoms with E-state index in [1.54, 1.807) is 12.1 Å². The zero-order valence-corrected chi connectivity index (χ0v) is 10.3. The van der Waals surface area contributed by atoms with Crippen molar-refractivity contribution in [3.8, 4) is 0 Å². The van der Waals surface area contributed by atoms with Gasteiger partial charge in [-0.3, -0.25) is 0 Å². The van der Waals surface area contributed by atoms with Crippen LogP contribution in [0.4, 0.5) is 11.5 Å². The van der Waals surface area contributed by atoms with Crippen LogP contribution in [0, 0.1) is 10.1 Å². The van der Waals surface area contributed by atoms with Crippen molar-refractivity contribution in [1.29, 1.82) is 0 Å². The highest BCUT2D eigenvalue weighted by molar-refractivity contribution is 7.99. The Kier molecular flexibility index (Phi) is 4.19. The zero-order valence-electron chi connectivity index (χ0n) is 9.46. The summed E-state index contributed by atoms with van der Waals surface area (Å²) in [5.74, 6) is 1.11. The molecule has 1 saturated heterocycles. The van der Waals surface area contributed by atoms with E-state index in [-0.39, 0.29) is 5.82 Å². The molecule has 0 aromatic carbocycles. The van der Waals surface area contributed by atoms with Crippen LogP contribution in [0.5, 0.6) is 0 Å². The van der Waals surface area contributed by atoms with Gasteiger partial charge in [0.05, 0.1) is 0 Å². The molecule has 5 nitrogen and oxygen atoms in total. The Hall–Kier alpha value is -1.30. The molecule has 92 valence electrons. The lowest BCUT2D eigenvalue weighted by Crippen LogP contribution is -2.20. The van der Waals surface area contributed by atoms with Gasteiger partial charge in [-0.15, -0.1) is 0 Å². The van der Waals surface area contributed by atoms with E-state index in [2.05, 4.69) is 10.3 Å². The molecule has 1 aromatic heterocycles. The van der Waals surface area contributed by atoms with Crippen molar-refractivity contribution in [2.75, 3.05) is 17.6 Å². The first kappa shape index (κ1) is 12.2. The van der Waals surface area contributed by atoms with Crippen LogP contribution in [-0.4, -0.2) is 27.5 Å². The van der Waals surface area contributed by atoms with E-state index in [4.69, 9.17) is 0 Å². The number of nitro groups is 1. The summed E-state index contributed by atoms with van der Waals surface area (Å²) in [6.07, 6.45) is 5.17. The molecule has 1 atom stereocenters. The fourth-order valence-electron chi connectivity index (χ4n) is 1.87. The average molecular weight is 253 g/mol. The first-order valence-corrected chi connectivity index (χ1v) is 6.77. The first-order chi connectivity index (χ1) is 8.27. The molecule has 1 aromatic rings. The largest absolute Gasteiger partial charge is 0.386 e. The van der Waals surface area contributed by atoms with E-state index in [0.29, 0.717) is 10.9 Å². The Balaban J connectivity index is 1.96. The molecule has 1 fully saturated rings. The molecule has 1 unspecified atom stereocenters. The highest BCUT2D eigenvalue weighted by Gasteiger charge is 2.17. The number of hydrogen-bond donors (Lipinski definition) is 1. The Labute approximate surface area is 104 Å². The maximum absolute atomic E-state index is 10.8. The van der Waals surface area contributed by atoms with E-state index < -0.39 is 4.92 Å². The number of nitrogens with one attached hydrogen (secondary N) is 1. The minimum atomic E-state index is -0.448. The van der Waals surface area contributed by atoms with Crippen molar-refractivity contribution >= 4 is 23.3 Å². The van der Waals surface area contributed by atoms with Gasteiger partial charge >= 0.3 is 5.82 Å². The van der Waals surface area contributed by atoms with Crippen LogP contribution in [0.3, 0.4) is 0 Å². The van der Waals surface area contributed by atoms with Crippen LogP contribution in [0.25, 0.3) is 0 Å². The Morgan fingerprint density at radius 3 is 3.18 bits per heavy atom. The molecule has 0 saturated carbocycles. The standard InChI is InChI=1S/C11H15N3O2S/c15-14(16)11-10(5-3-6-12-11)13-8-9-4-1-2-7-17-9/h3,5-6,9,13H,1-2,4,7-8H2. The van der Waals surface area contributed by atoms with Crippen molar-refractivity contribution in [3.63, 3.8) is 0 Å². The van der Waals surface area contributed by atoms with Gasteiger partial charge in [0.2, 0.25) is 0 Å². The SMILES string of the molecule is O=[N+]([O-])c1ncccc1NCC1CCCCS1. The third kappa shape index (κ3) is 3.33. The van der Waals surface area contributed by atoms with E-state index >= 15 is 0 Å². The second-order valence-corrected chi connectivity index (χ2v) is 5.41. The normalized spacial score (nSPS) is 19.9. The van der Waals surface area contributed by atoms with Crippen LogP contribution >= 0.6 is 11.8 Å². The maximum atomic E-state index is 10.8. The zero-order chi connectivity index (χ0) is 12.1. The maximum Gasteiger partial charge on any atom is 0.386 e. The number of pyridine rings is 1. The first-order valence-electron chi connectivity index (χ1n) is 5.72. The lowest BCUT2D eigenvalue weighted by Gasteiger charge is -2.21. The highest BCUT2D eigenvalue weighted by Crippen LogP contribution is 2.26. The predicted molar refractivity (Wildman–Crippen MR) is 69.5 cm³/mol. The summed E-state index contributed by atoms with van der Waals surface area (Å²) >= 11 is 1.94. The number of aromatic nitrogens is 1. The van der Waals surface area contributed by atoms with Crippen LogP contribution < -0.4 is 5.32 Å². The van der Waals surface area contributed by atoms with Gasteiger partial charge in [0.1, 0.15) is 11.9 Å². The molecule has 0 bridgehead atoms. The van der Waals surface area contributed by atoms with Gasteiger partial charge in [-0.2, -0.15) is 11.8 Å². The van der Waals surface area contributed by atoms with Crippen LogP contribution in [0.2, 0.25) is 0 Å². The monoisotopic (exact) mass is 253 g/mol. The summed E-state index contributed by atoms with van der Waals surface area (Å²) < 4.78 is 0. The Bertz CT molecular complexity index is 394. The molecule has 1 N–H and O–H groups in total. The lowest BCUT2D eigenvalue weighted by atomic mass is 10.2. The van der Waals surface area contributed by atoms with Crippen molar-refractivity contribution in [3.05, 3.63) is 28.4 Å². The van der Waals surface area contributed by atoms with Gasteiger partial charge in [0, 0.05) is 11.8 Å². The van der Waals surface area contributed by atoms with Crippen molar-refractivity contribution in [1.82, 2.24) is 4.98 Å². The number of anilines is 1. The molecule has 1 aliphatic rings.